The van der Waals surface area contributed by atoms with Crippen molar-refractivity contribution >= 4 is 16.8 Å². The van der Waals surface area contributed by atoms with E-state index in [4.69, 9.17) is 9.47 Å². The zero-order chi connectivity index (χ0) is 24.5. The van der Waals surface area contributed by atoms with Crippen molar-refractivity contribution in [3.63, 3.8) is 0 Å². The van der Waals surface area contributed by atoms with Crippen molar-refractivity contribution in [2.24, 2.45) is 0 Å². The maximum absolute atomic E-state index is 12.9. The SMILES string of the molecule is CCc1c(-c2ccc(OC)c(OC)c2)[nH]c2ccc(-c3cccc(C(=O)N4CC[C@@H](O)C4)c3)cc12. The lowest BCUT2D eigenvalue weighted by Crippen LogP contribution is -2.29. The number of H-pyrrole nitrogens is 1. The summed E-state index contributed by atoms with van der Waals surface area (Å²) in [5.41, 5.74) is 7.10. The number of hydrogen-bond donors (Lipinski definition) is 2. The van der Waals surface area contributed by atoms with E-state index < -0.39 is 6.10 Å². The van der Waals surface area contributed by atoms with Crippen molar-refractivity contribution in [2.75, 3.05) is 27.3 Å². The minimum atomic E-state index is -0.425. The molecule has 35 heavy (non-hydrogen) atoms. The van der Waals surface area contributed by atoms with Gasteiger partial charge in [0.2, 0.25) is 0 Å². The van der Waals surface area contributed by atoms with Crippen LogP contribution in [0.15, 0.2) is 60.7 Å². The number of nitrogens with one attached hydrogen (secondary N) is 1. The molecule has 0 radical (unpaired) electrons. The number of rotatable bonds is 6. The van der Waals surface area contributed by atoms with Gasteiger partial charge in [0.15, 0.2) is 11.5 Å². The number of hydrogen-bond acceptors (Lipinski definition) is 4. The first-order valence-corrected chi connectivity index (χ1v) is 12.0. The molecular weight excluding hydrogens is 440 g/mol. The van der Waals surface area contributed by atoms with E-state index in [1.54, 1.807) is 19.1 Å². The van der Waals surface area contributed by atoms with Gasteiger partial charge in [0, 0.05) is 40.8 Å². The highest BCUT2D eigenvalue weighted by Crippen LogP contribution is 2.37. The highest BCUT2D eigenvalue weighted by atomic mass is 16.5. The van der Waals surface area contributed by atoms with E-state index in [2.05, 4.69) is 30.1 Å². The van der Waals surface area contributed by atoms with Gasteiger partial charge in [-0.15, -0.1) is 0 Å². The molecule has 5 rings (SSSR count). The minimum Gasteiger partial charge on any atom is -0.493 e. The van der Waals surface area contributed by atoms with Gasteiger partial charge in [-0.05, 0) is 72.0 Å². The Labute approximate surface area is 205 Å². The van der Waals surface area contributed by atoms with Crippen LogP contribution in [0.2, 0.25) is 0 Å². The number of β-amino-alcohol motifs (C(OH)–C–C–N with tert-alkyl or cyclic N) is 1. The zero-order valence-electron chi connectivity index (χ0n) is 20.3. The van der Waals surface area contributed by atoms with Gasteiger partial charge in [-0.1, -0.05) is 25.1 Å². The lowest BCUT2D eigenvalue weighted by Gasteiger charge is -2.16. The number of ether oxygens (including phenoxy) is 2. The molecule has 1 fully saturated rings. The maximum atomic E-state index is 12.9. The topological polar surface area (TPSA) is 74.8 Å². The van der Waals surface area contributed by atoms with Crippen LogP contribution in [0.3, 0.4) is 0 Å². The van der Waals surface area contributed by atoms with Gasteiger partial charge in [-0.25, -0.2) is 0 Å². The first kappa shape index (κ1) is 23.0. The van der Waals surface area contributed by atoms with E-state index in [0.29, 0.717) is 36.6 Å². The quantitative estimate of drug-likeness (QED) is 0.402. The molecule has 3 aromatic carbocycles. The third-order valence-corrected chi connectivity index (χ3v) is 6.83. The molecule has 6 nitrogen and oxygen atoms in total. The summed E-state index contributed by atoms with van der Waals surface area (Å²) in [6.45, 7) is 3.15. The first-order valence-electron chi connectivity index (χ1n) is 12.0. The summed E-state index contributed by atoms with van der Waals surface area (Å²) in [5, 5.41) is 11.0. The van der Waals surface area contributed by atoms with Crippen LogP contribution in [0.25, 0.3) is 33.3 Å². The normalized spacial score (nSPS) is 15.5. The Bertz CT molecular complexity index is 1390. The summed E-state index contributed by atoms with van der Waals surface area (Å²) in [5.74, 6) is 1.36. The number of aromatic amines is 1. The van der Waals surface area contributed by atoms with Crippen molar-refractivity contribution < 1.29 is 19.4 Å². The molecule has 4 aromatic rings. The minimum absolute atomic E-state index is 0.0314. The van der Waals surface area contributed by atoms with Crippen LogP contribution >= 0.6 is 0 Å². The number of benzene rings is 3. The predicted molar refractivity (Wildman–Crippen MR) is 138 cm³/mol. The molecule has 1 aliphatic heterocycles. The third kappa shape index (κ3) is 4.26. The van der Waals surface area contributed by atoms with Crippen molar-refractivity contribution in [3.8, 4) is 33.9 Å². The molecule has 1 amide bonds. The summed E-state index contributed by atoms with van der Waals surface area (Å²) >= 11 is 0. The molecule has 1 aliphatic rings. The second-order valence-corrected chi connectivity index (χ2v) is 8.94. The smallest absolute Gasteiger partial charge is 0.253 e. The highest BCUT2D eigenvalue weighted by molar-refractivity contribution is 5.97. The molecule has 6 heteroatoms. The van der Waals surface area contributed by atoms with E-state index in [-0.39, 0.29) is 5.91 Å². The van der Waals surface area contributed by atoms with Gasteiger partial charge in [0.25, 0.3) is 5.91 Å². The average Bonchev–Trinajstić information content (AvgIpc) is 3.50. The van der Waals surface area contributed by atoms with Crippen molar-refractivity contribution in [1.82, 2.24) is 9.88 Å². The van der Waals surface area contributed by atoms with E-state index in [9.17, 15) is 9.90 Å². The number of amides is 1. The highest BCUT2D eigenvalue weighted by Gasteiger charge is 2.25. The monoisotopic (exact) mass is 470 g/mol. The Morgan fingerprint density at radius 1 is 1.00 bits per heavy atom. The molecule has 180 valence electrons. The van der Waals surface area contributed by atoms with Crippen molar-refractivity contribution in [3.05, 3.63) is 71.8 Å². The Kier molecular flexibility index (Phi) is 6.22. The fourth-order valence-corrected chi connectivity index (χ4v) is 4.97. The van der Waals surface area contributed by atoms with E-state index in [1.165, 1.54) is 5.56 Å². The molecule has 1 aromatic heterocycles. The number of fused-ring (bicyclic) bond motifs is 1. The number of aliphatic hydroxyl groups is 1. The van der Waals surface area contributed by atoms with Gasteiger partial charge >= 0.3 is 0 Å². The number of aryl methyl sites for hydroxylation is 1. The van der Waals surface area contributed by atoms with E-state index >= 15 is 0 Å². The standard InChI is InChI=1S/C29H30N2O4/c1-4-23-24-15-19(18-6-5-7-21(14-18)29(33)31-13-12-22(32)17-31)8-10-25(24)30-28(23)20-9-11-26(34-2)27(16-20)35-3/h5-11,14-16,22,30,32H,4,12-13,17H2,1-3H3/t22-/m1/s1. The first-order chi connectivity index (χ1) is 17.0. The van der Waals surface area contributed by atoms with Crippen LogP contribution in [-0.2, 0) is 6.42 Å². The molecular formula is C29H30N2O4. The number of nitrogens with zero attached hydrogens (tertiary/aromatic N) is 1. The van der Waals surface area contributed by atoms with Crippen LogP contribution in [0.4, 0.5) is 0 Å². The number of aliphatic hydroxyl groups excluding tert-OH is 1. The fraction of sp³-hybridized carbons (Fsp3) is 0.276. The van der Waals surface area contributed by atoms with E-state index in [1.807, 2.05) is 42.5 Å². The van der Waals surface area contributed by atoms with Gasteiger partial charge in [0.1, 0.15) is 0 Å². The van der Waals surface area contributed by atoms with Gasteiger partial charge in [-0.3, -0.25) is 4.79 Å². The average molecular weight is 471 g/mol. The largest absolute Gasteiger partial charge is 0.493 e. The third-order valence-electron chi connectivity index (χ3n) is 6.83. The van der Waals surface area contributed by atoms with Crippen molar-refractivity contribution in [1.29, 1.82) is 0 Å². The molecule has 0 aliphatic carbocycles. The van der Waals surface area contributed by atoms with Crippen LogP contribution in [0.1, 0.15) is 29.3 Å². The van der Waals surface area contributed by atoms with Crippen LogP contribution in [-0.4, -0.2) is 54.3 Å². The number of aromatic nitrogens is 1. The maximum Gasteiger partial charge on any atom is 0.253 e. The second kappa shape index (κ2) is 9.47. The molecule has 0 saturated carbocycles. The number of likely N-dealkylation sites (tertiary alicyclic amines) is 1. The molecule has 1 atom stereocenters. The number of methoxy groups -OCH3 is 2. The molecule has 0 unspecified atom stereocenters. The summed E-state index contributed by atoms with van der Waals surface area (Å²) < 4.78 is 10.9. The Morgan fingerprint density at radius 3 is 2.49 bits per heavy atom. The van der Waals surface area contributed by atoms with Gasteiger partial charge < -0.3 is 24.5 Å². The summed E-state index contributed by atoms with van der Waals surface area (Å²) in [6.07, 6.45) is 1.08. The number of carbonyl (C=O) groups excluding carboxylic acids is 1. The summed E-state index contributed by atoms with van der Waals surface area (Å²) in [6, 6.07) is 20.1. The lowest BCUT2D eigenvalue weighted by atomic mass is 9.98. The number of carbonyl (C=O) groups is 1. The second-order valence-electron chi connectivity index (χ2n) is 8.94. The molecule has 0 spiro atoms. The summed E-state index contributed by atoms with van der Waals surface area (Å²) in [7, 11) is 3.28. The molecule has 0 bridgehead atoms. The lowest BCUT2D eigenvalue weighted by molar-refractivity contribution is 0.0765. The Balaban J connectivity index is 1.53. The van der Waals surface area contributed by atoms with Crippen LogP contribution in [0, 0.1) is 0 Å². The molecule has 2 N–H and O–H groups in total. The molecule has 2 heterocycles. The van der Waals surface area contributed by atoms with E-state index in [0.717, 1.165) is 39.7 Å². The van der Waals surface area contributed by atoms with Crippen LogP contribution < -0.4 is 9.47 Å². The Hall–Kier alpha value is -3.77. The summed E-state index contributed by atoms with van der Waals surface area (Å²) in [4.78, 5) is 18.3. The predicted octanol–water partition coefficient (Wildman–Crippen LogP) is 5.29. The van der Waals surface area contributed by atoms with Gasteiger partial charge in [0.05, 0.1) is 20.3 Å². The fourth-order valence-electron chi connectivity index (χ4n) is 4.97. The zero-order valence-corrected chi connectivity index (χ0v) is 20.3. The molecule has 1 saturated heterocycles. The van der Waals surface area contributed by atoms with Gasteiger partial charge in [-0.2, -0.15) is 0 Å². The van der Waals surface area contributed by atoms with Crippen molar-refractivity contribution in [2.45, 2.75) is 25.9 Å². The van der Waals surface area contributed by atoms with Crippen LogP contribution in [0.5, 0.6) is 11.5 Å². The Morgan fingerprint density at radius 2 is 1.77 bits per heavy atom.